The number of anilines is 1. The summed E-state index contributed by atoms with van der Waals surface area (Å²) in [6.07, 6.45) is 1.72. The number of carbonyl (C=O) groups excluding carboxylic acids is 2. The van der Waals surface area contributed by atoms with Crippen LogP contribution in [0.25, 0.3) is 0 Å². The van der Waals surface area contributed by atoms with Gasteiger partial charge >= 0.3 is 0 Å². The number of rotatable bonds is 12. The number of aryl methyl sites for hydroxylation is 1. The minimum Gasteiger partial charge on any atom is -0.354 e. The van der Waals surface area contributed by atoms with E-state index < -0.39 is 28.5 Å². The van der Waals surface area contributed by atoms with Gasteiger partial charge in [0.05, 0.1) is 10.6 Å². The Kier molecular flexibility index (Phi) is 10.8. The van der Waals surface area contributed by atoms with Gasteiger partial charge in [-0.2, -0.15) is 0 Å². The number of carbonyl (C=O) groups is 2. The summed E-state index contributed by atoms with van der Waals surface area (Å²) in [7, 11) is -4.15. The fraction of sp³-hybridized carbons (Fsp3) is 0.310. The maximum Gasteiger partial charge on any atom is 0.264 e. The zero-order valence-corrected chi connectivity index (χ0v) is 24.6. The summed E-state index contributed by atoms with van der Waals surface area (Å²) in [5, 5.41) is 3.75. The summed E-state index contributed by atoms with van der Waals surface area (Å²) in [5.41, 5.74) is 1.88. The van der Waals surface area contributed by atoms with Gasteiger partial charge in [0.15, 0.2) is 0 Å². The average Bonchev–Trinajstić information content (AvgIpc) is 2.90. The molecule has 1 atom stereocenters. The molecule has 39 heavy (non-hydrogen) atoms. The number of hydrogen-bond donors (Lipinski definition) is 1. The molecule has 0 fully saturated rings. The fourth-order valence-electron chi connectivity index (χ4n) is 4.00. The zero-order chi connectivity index (χ0) is 28.6. The van der Waals surface area contributed by atoms with Gasteiger partial charge in [-0.3, -0.25) is 13.9 Å². The summed E-state index contributed by atoms with van der Waals surface area (Å²) in [6, 6.07) is 18.8. The van der Waals surface area contributed by atoms with Gasteiger partial charge in [0.25, 0.3) is 10.0 Å². The van der Waals surface area contributed by atoms with E-state index in [4.69, 9.17) is 23.2 Å². The molecule has 208 valence electrons. The van der Waals surface area contributed by atoms with Gasteiger partial charge < -0.3 is 10.2 Å². The van der Waals surface area contributed by atoms with Crippen molar-refractivity contribution in [1.29, 1.82) is 0 Å². The molecule has 0 aromatic heterocycles. The lowest BCUT2D eigenvalue weighted by atomic mass is 10.1. The van der Waals surface area contributed by atoms with E-state index in [0.717, 1.165) is 22.7 Å². The quantitative estimate of drug-likeness (QED) is 0.269. The van der Waals surface area contributed by atoms with Gasteiger partial charge in [0.1, 0.15) is 12.6 Å². The van der Waals surface area contributed by atoms with E-state index in [1.165, 1.54) is 29.2 Å². The molecule has 2 amide bonds. The summed E-state index contributed by atoms with van der Waals surface area (Å²) >= 11 is 12.2. The molecule has 0 aliphatic rings. The molecule has 0 spiro atoms. The van der Waals surface area contributed by atoms with Crippen molar-refractivity contribution in [3.63, 3.8) is 0 Å². The third-order valence-corrected chi connectivity index (χ3v) is 8.48. The first-order valence-electron chi connectivity index (χ1n) is 12.7. The van der Waals surface area contributed by atoms with Crippen molar-refractivity contribution < 1.29 is 18.0 Å². The number of nitrogens with one attached hydrogen (secondary N) is 1. The second kappa shape index (κ2) is 13.8. The van der Waals surface area contributed by atoms with Gasteiger partial charge in [0.2, 0.25) is 11.8 Å². The van der Waals surface area contributed by atoms with Crippen LogP contribution in [0.5, 0.6) is 0 Å². The molecule has 1 N–H and O–H groups in total. The fourth-order valence-corrected chi connectivity index (χ4v) is 5.74. The van der Waals surface area contributed by atoms with E-state index in [0.29, 0.717) is 27.8 Å². The van der Waals surface area contributed by atoms with Crippen LogP contribution in [0.1, 0.15) is 37.8 Å². The Labute approximate surface area is 240 Å². The van der Waals surface area contributed by atoms with Gasteiger partial charge in [-0.25, -0.2) is 8.42 Å². The van der Waals surface area contributed by atoms with Crippen LogP contribution in [0.2, 0.25) is 10.0 Å². The van der Waals surface area contributed by atoms with E-state index >= 15 is 0 Å². The molecule has 0 radical (unpaired) electrons. The van der Waals surface area contributed by atoms with E-state index in [2.05, 4.69) is 5.32 Å². The summed E-state index contributed by atoms with van der Waals surface area (Å²) < 4.78 is 28.7. The van der Waals surface area contributed by atoms with Crippen molar-refractivity contribution in [3.05, 3.63) is 94.0 Å². The molecule has 0 bridgehead atoms. The van der Waals surface area contributed by atoms with Crippen LogP contribution in [0.4, 0.5) is 5.69 Å². The summed E-state index contributed by atoms with van der Waals surface area (Å²) in [4.78, 5) is 28.3. The minimum atomic E-state index is -4.15. The zero-order valence-electron chi connectivity index (χ0n) is 22.2. The highest BCUT2D eigenvalue weighted by Crippen LogP contribution is 2.26. The van der Waals surface area contributed by atoms with Crippen molar-refractivity contribution in [2.45, 2.75) is 51.1 Å². The molecule has 0 heterocycles. The molecule has 3 rings (SSSR count). The van der Waals surface area contributed by atoms with Crippen LogP contribution in [-0.2, 0) is 26.2 Å². The normalized spacial score (nSPS) is 12.0. The van der Waals surface area contributed by atoms with Crippen LogP contribution < -0.4 is 9.62 Å². The number of halogens is 2. The molecule has 0 saturated carbocycles. The van der Waals surface area contributed by atoms with Gasteiger partial charge in [-0.05, 0) is 79.9 Å². The molecule has 10 heteroatoms. The molecule has 0 aliphatic carbocycles. The van der Waals surface area contributed by atoms with Crippen molar-refractivity contribution in [3.8, 4) is 0 Å². The van der Waals surface area contributed by atoms with Gasteiger partial charge in [0, 0.05) is 23.1 Å². The molecule has 0 saturated heterocycles. The Morgan fingerprint density at radius 3 is 2.28 bits per heavy atom. The van der Waals surface area contributed by atoms with Crippen molar-refractivity contribution in [2.75, 3.05) is 17.4 Å². The number of sulfonamides is 1. The number of amides is 2. The Morgan fingerprint density at radius 2 is 1.64 bits per heavy atom. The molecular formula is C29H33Cl2N3O4S. The number of nitrogens with zero attached hydrogens (tertiary/aromatic N) is 2. The molecular weight excluding hydrogens is 557 g/mol. The Morgan fingerprint density at radius 1 is 0.949 bits per heavy atom. The summed E-state index contributed by atoms with van der Waals surface area (Å²) in [5.74, 6) is -0.853. The molecule has 7 nitrogen and oxygen atoms in total. The Bertz CT molecular complexity index is 1400. The van der Waals surface area contributed by atoms with E-state index in [1.807, 2.05) is 19.9 Å². The van der Waals surface area contributed by atoms with Gasteiger partial charge in [-0.1, -0.05) is 60.8 Å². The molecule has 0 aliphatic heterocycles. The minimum absolute atomic E-state index is 0.00652. The Balaban J connectivity index is 2.00. The van der Waals surface area contributed by atoms with Crippen LogP contribution >= 0.6 is 23.2 Å². The predicted octanol–water partition coefficient (Wildman–Crippen LogP) is 5.83. The largest absolute Gasteiger partial charge is 0.354 e. The summed E-state index contributed by atoms with van der Waals surface area (Å²) in [6.45, 7) is 5.54. The highest BCUT2D eigenvalue weighted by molar-refractivity contribution is 7.92. The monoisotopic (exact) mass is 589 g/mol. The van der Waals surface area contributed by atoms with Crippen LogP contribution in [0.15, 0.2) is 77.7 Å². The lowest BCUT2D eigenvalue weighted by Crippen LogP contribution is -2.51. The first-order valence-corrected chi connectivity index (χ1v) is 14.9. The van der Waals surface area contributed by atoms with Gasteiger partial charge in [-0.15, -0.1) is 0 Å². The second-order valence-corrected chi connectivity index (χ2v) is 12.0. The number of benzene rings is 3. The molecule has 3 aromatic carbocycles. The predicted molar refractivity (Wildman–Crippen MR) is 157 cm³/mol. The van der Waals surface area contributed by atoms with E-state index in [-0.39, 0.29) is 17.3 Å². The first kappa shape index (κ1) is 30.5. The van der Waals surface area contributed by atoms with Crippen molar-refractivity contribution in [2.24, 2.45) is 0 Å². The van der Waals surface area contributed by atoms with Crippen LogP contribution in [0, 0.1) is 6.92 Å². The average molecular weight is 591 g/mol. The van der Waals surface area contributed by atoms with Crippen LogP contribution in [0.3, 0.4) is 0 Å². The third kappa shape index (κ3) is 8.21. The van der Waals surface area contributed by atoms with E-state index in [1.54, 1.807) is 49.4 Å². The topological polar surface area (TPSA) is 86.8 Å². The first-order chi connectivity index (χ1) is 18.5. The Hall–Kier alpha value is -3.07. The van der Waals surface area contributed by atoms with E-state index in [9.17, 15) is 18.0 Å². The highest BCUT2D eigenvalue weighted by atomic mass is 35.5. The maximum absolute atomic E-state index is 13.9. The SMILES string of the molecule is CCCCNC(=O)[C@H](C)N(Cc1cccc(Cl)c1)C(=O)CN(c1cccc(C)c1)S(=O)(=O)c1ccc(Cl)cc1. The lowest BCUT2D eigenvalue weighted by molar-refractivity contribution is -0.139. The standard InChI is InChI=1S/C29H33Cl2N3O4S/c1-4-5-16-32-29(36)22(3)33(19-23-9-7-10-25(31)18-23)28(35)20-34(26-11-6-8-21(2)17-26)39(37,38)27-14-12-24(30)13-15-27/h6-15,17-18,22H,4-5,16,19-20H2,1-3H3,(H,32,36)/t22-/m0/s1. The maximum atomic E-state index is 13.9. The highest BCUT2D eigenvalue weighted by Gasteiger charge is 2.32. The third-order valence-electron chi connectivity index (χ3n) is 6.21. The smallest absolute Gasteiger partial charge is 0.264 e. The number of hydrogen-bond acceptors (Lipinski definition) is 4. The lowest BCUT2D eigenvalue weighted by Gasteiger charge is -2.32. The van der Waals surface area contributed by atoms with Crippen molar-refractivity contribution in [1.82, 2.24) is 10.2 Å². The van der Waals surface area contributed by atoms with Crippen LogP contribution in [-0.4, -0.2) is 44.3 Å². The number of unbranched alkanes of at least 4 members (excludes halogenated alkanes) is 1. The molecule has 0 unspecified atom stereocenters. The second-order valence-electron chi connectivity index (χ2n) is 9.28. The molecule has 3 aromatic rings. The van der Waals surface area contributed by atoms with Crippen molar-refractivity contribution >= 4 is 50.7 Å².